The SMILES string of the molecule is O=S1(=O)NS(=O)(=O)c2c(c(-c3ccccc3)cc3ccc4ccccc4c23)-c2c(-c3ccccc3)cc3ccc4ccccc4c3c21. The van der Waals surface area contributed by atoms with E-state index >= 15 is 0 Å². The number of fused-ring (bicyclic) bond motifs is 11. The minimum Gasteiger partial charge on any atom is -0.206 e. The number of rotatable bonds is 2. The van der Waals surface area contributed by atoms with E-state index in [1.807, 2.05) is 146 Å². The zero-order chi connectivity index (χ0) is 31.9. The molecule has 5 nitrogen and oxygen atoms in total. The van der Waals surface area contributed by atoms with Crippen molar-refractivity contribution in [3.63, 3.8) is 0 Å². The smallest absolute Gasteiger partial charge is 0.206 e. The Balaban J connectivity index is 1.64. The lowest BCUT2D eigenvalue weighted by atomic mass is 9.84. The van der Waals surface area contributed by atoms with Gasteiger partial charge in [-0.3, -0.25) is 0 Å². The van der Waals surface area contributed by atoms with Crippen LogP contribution in [0.15, 0.2) is 155 Å². The second-order valence-electron chi connectivity index (χ2n) is 11.8. The van der Waals surface area contributed by atoms with E-state index in [-0.39, 0.29) is 9.79 Å². The van der Waals surface area contributed by atoms with Gasteiger partial charge in [0.05, 0.1) is 9.79 Å². The molecule has 0 bridgehead atoms. The van der Waals surface area contributed by atoms with Gasteiger partial charge in [-0.2, -0.15) is 0 Å². The van der Waals surface area contributed by atoms with Crippen molar-refractivity contribution in [2.75, 3.05) is 0 Å². The zero-order valence-electron chi connectivity index (χ0n) is 24.8. The van der Waals surface area contributed by atoms with Crippen LogP contribution in [0, 0.1) is 0 Å². The van der Waals surface area contributed by atoms with E-state index in [0.717, 1.165) is 32.7 Å². The van der Waals surface area contributed by atoms with Gasteiger partial charge in [-0.05, 0) is 66.7 Å². The predicted molar refractivity (Wildman–Crippen MR) is 190 cm³/mol. The van der Waals surface area contributed by atoms with Crippen LogP contribution >= 0.6 is 0 Å². The fourth-order valence-corrected chi connectivity index (χ4v) is 11.0. The van der Waals surface area contributed by atoms with Gasteiger partial charge in [-0.15, -0.1) is 4.13 Å². The van der Waals surface area contributed by atoms with E-state index in [0.29, 0.717) is 43.8 Å². The summed E-state index contributed by atoms with van der Waals surface area (Å²) >= 11 is 0. The van der Waals surface area contributed by atoms with Crippen molar-refractivity contribution in [1.29, 1.82) is 0 Å². The molecule has 0 amide bonds. The molecule has 0 saturated carbocycles. The molecule has 0 atom stereocenters. The summed E-state index contributed by atoms with van der Waals surface area (Å²) in [5, 5.41) is 5.49. The van der Waals surface area contributed by atoms with Crippen molar-refractivity contribution in [3.8, 4) is 33.4 Å². The van der Waals surface area contributed by atoms with E-state index in [1.165, 1.54) is 0 Å². The molecule has 1 heterocycles. The molecule has 9 rings (SSSR count). The fourth-order valence-electron chi connectivity index (χ4n) is 7.23. The first kappa shape index (κ1) is 27.9. The highest BCUT2D eigenvalue weighted by Crippen LogP contribution is 2.53. The first-order valence-corrected chi connectivity index (χ1v) is 18.2. The second kappa shape index (κ2) is 10.1. The molecule has 1 aliphatic heterocycles. The van der Waals surface area contributed by atoms with Crippen LogP contribution in [0.2, 0.25) is 0 Å². The third-order valence-corrected chi connectivity index (χ3v) is 12.8. The lowest BCUT2D eigenvalue weighted by Gasteiger charge is -2.22. The maximum absolute atomic E-state index is 14.8. The highest BCUT2D eigenvalue weighted by molar-refractivity contribution is 8.05. The summed E-state index contributed by atoms with van der Waals surface area (Å²) in [6.07, 6.45) is 0. The molecule has 7 heteroatoms. The Bertz CT molecular complexity index is 2640. The molecule has 1 aliphatic rings. The average molecular weight is 648 g/mol. The molecular weight excluding hydrogens is 623 g/mol. The molecule has 8 aromatic carbocycles. The van der Waals surface area contributed by atoms with Gasteiger partial charge in [-0.25, -0.2) is 16.8 Å². The van der Waals surface area contributed by atoms with Crippen molar-refractivity contribution in [2.24, 2.45) is 0 Å². The van der Waals surface area contributed by atoms with Crippen LogP contribution in [0.5, 0.6) is 0 Å². The molecule has 226 valence electrons. The van der Waals surface area contributed by atoms with Crippen molar-refractivity contribution in [3.05, 3.63) is 146 Å². The predicted octanol–water partition coefficient (Wildman–Crippen LogP) is 9.28. The summed E-state index contributed by atoms with van der Waals surface area (Å²) in [6, 6.07) is 46.1. The number of benzene rings is 8. The van der Waals surface area contributed by atoms with Gasteiger partial charge >= 0.3 is 0 Å². The normalized spacial score (nSPS) is 15.0. The molecule has 0 fully saturated rings. The first-order chi connectivity index (χ1) is 22.8. The maximum atomic E-state index is 14.8. The van der Waals surface area contributed by atoms with Crippen LogP contribution in [-0.2, 0) is 20.0 Å². The van der Waals surface area contributed by atoms with Crippen molar-refractivity contribution >= 4 is 63.1 Å². The quantitative estimate of drug-likeness (QED) is 0.190. The summed E-state index contributed by atoms with van der Waals surface area (Å²) in [6.45, 7) is 0. The van der Waals surface area contributed by atoms with Gasteiger partial charge in [0.1, 0.15) is 0 Å². The maximum Gasteiger partial charge on any atom is 0.255 e. The Hall–Kier alpha value is -5.34. The fraction of sp³-hybridized carbons (Fsp3) is 0. The largest absolute Gasteiger partial charge is 0.255 e. The monoisotopic (exact) mass is 647 g/mol. The van der Waals surface area contributed by atoms with E-state index in [1.54, 1.807) is 0 Å². The van der Waals surface area contributed by atoms with Crippen LogP contribution in [0.3, 0.4) is 0 Å². The number of sulfonamides is 2. The van der Waals surface area contributed by atoms with E-state index < -0.39 is 20.0 Å². The minimum atomic E-state index is -4.66. The molecule has 1 N–H and O–H groups in total. The first-order valence-electron chi connectivity index (χ1n) is 15.2. The van der Waals surface area contributed by atoms with Crippen LogP contribution in [0.25, 0.3) is 76.5 Å². The van der Waals surface area contributed by atoms with E-state index in [9.17, 15) is 16.8 Å². The Kier molecular flexibility index (Phi) is 5.99. The molecule has 8 aromatic rings. The Labute approximate surface area is 271 Å². The van der Waals surface area contributed by atoms with Crippen LogP contribution < -0.4 is 4.13 Å². The van der Waals surface area contributed by atoms with Crippen molar-refractivity contribution < 1.29 is 16.8 Å². The molecule has 0 saturated heterocycles. The van der Waals surface area contributed by atoms with Gasteiger partial charge in [0.25, 0.3) is 20.0 Å². The molecule has 0 aromatic heterocycles. The zero-order valence-corrected chi connectivity index (χ0v) is 26.4. The summed E-state index contributed by atoms with van der Waals surface area (Å²) in [5.74, 6) is 0. The second-order valence-corrected chi connectivity index (χ2v) is 15.3. The third-order valence-electron chi connectivity index (χ3n) is 9.15. The lowest BCUT2D eigenvalue weighted by Crippen LogP contribution is -2.29. The Morgan fingerprint density at radius 2 is 0.745 bits per heavy atom. The van der Waals surface area contributed by atoms with Gasteiger partial charge in [0.2, 0.25) is 0 Å². The molecule has 0 aliphatic carbocycles. The molecule has 0 radical (unpaired) electrons. The highest BCUT2D eigenvalue weighted by atomic mass is 32.3. The Morgan fingerprint density at radius 1 is 0.383 bits per heavy atom. The van der Waals surface area contributed by atoms with E-state index in [4.69, 9.17) is 0 Å². The van der Waals surface area contributed by atoms with Crippen molar-refractivity contribution in [2.45, 2.75) is 9.79 Å². The van der Waals surface area contributed by atoms with Crippen LogP contribution in [-0.4, -0.2) is 16.8 Å². The topological polar surface area (TPSA) is 80.3 Å². The average Bonchev–Trinajstić information content (AvgIpc) is 3.17. The van der Waals surface area contributed by atoms with Gasteiger partial charge < -0.3 is 0 Å². The number of nitrogens with one attached hydrogen (secondary N) is 1. The highest BCUT2D eigenvalue weighted by Gasteiger charge is 2.40. The summed E-state index contributed by atoms with van der Waals surface area (Å²) < 4.78 is 61.3. The van der Waals surface area contributed by atoms with Gasteiger partial charge in [-0.1, -0.05) is 133 Å². The molecule has 0 unspecified atom stereocenters. The third kappa shape index (κ3) is 4.17. The summed E-state index contributed by atoms with van der Waals surface area (Å²) in [5.41, 5.74) is 3.52. The number of hydrogen-bond donors (Lipinski definition) is 1. The molecule has 0 spiro atoms. The minimum absolute atomic E-state index is 0.0512. The summed E-state index contributed by atoms with van der Waals surface area (Å²) in [4.78, 5) is -0.102. The van der Waals surface area contributed by atoms with Crippen molar-refractivity contribution in [1.82, 2.24) is 4.13 Å². The lowest BCUT2D eigenvalue weighted by molar-refractivity contribution is 0.579. The standard InChI is InChI=1S/C40H25NO4S2/c42-46(43)39-35-29(21-19-27-15-7-9-17-31(27)35)23-33(25-11-3-1-4-12-25)37(39)38-34(26-13-5-2-6-14-26)24-30-22-20-28-16-8-10-18-32(28)36(30)40(38)47(44,45)41-46/h1-24,41H. The van der Waals surface area contributed by atoms with Crippen LogP contribution in [0.4, 0.5) is 0 Å². The van der Waals surface area contributed by atoms with Gasteiger partial charge in [0.15, 0.2) is 0 Å². The summed E-state index contributed by atoms with van der Waals surface area (Å²) in [7, 11) is -9.32. The van der Waals surface area contributed by atoms with E-state index in [2.05, 4.69) is 4.13 Å². The number of hydrogen-bond acceptors (Lipinski definition) is 4. The molecular formula is C40H25NO4S2. The molecule has 47 heavy (non-hydrogen) atoms. The van der Waals surface area contributed by atoms with Gasteiger partial charge in [0, 0.05) is 21.9 Å². The van der Waals surface area contributed by atoms with Crippen LogP contribution in [0.1, 0.15) is 0 Å². The Morgan fingerprint density at radius 3 is 1.17 bits per heavy atom.